The summed E-state index contributed by atoms with van der Waals surface area (Å²) in [5.41, 5.74) is 0.0179. The summed E-state index contributed by atoms with van der Waals surface area (Å²) in [5.74, 6) is -2.05. The Bertz CT molecular complexity index is 585. The molecule has 6 nitrogen and oxygen atoms in total. The molecule has 0 unspecified atom stereocenters. The van der Waals surface area contributed by atoms with Gasteiger partial charge in [0.25, 0.3) is 0 Å². The van der Waals surface area contributed by atoms with Gasteiger partial charge in [-0.25, -0.2) is 0 Å². The van der Waals surface area contributed by atoms with Crippen molar-refractivity contribution in [3.63, 3.8) is 0 Å². The van der Waals surface area contributed by atoms with Gasteiger partial charge in [-0.1, -0.05) is 0 Å². The molecule has 0 aliphatic carbocycles. The Morgan fingerprint density at radius 3 is 1.00 bits per heavy atom. The minimum absolute atomic E-state index is 0.00896. The Morgan fingerprint density at radius 1 is 0.500 bits per heavy atom. The molecule has 2 aromatic rings. The van der Waals surface area contributed by atoms with E-state index in [4.69, 9.17) is 0 Å². The standard InChI is InChI=1S/C14H12O6/c15-7-3-11(17)9(12(18)4-7)1-2-10-13(19)5-8(16)6-14(10)20/h1-6,15-20H/b2-1+. The van der Waals surface area contributed by atoms with Crippen LogP contribution in [0.15, 0.2) is 24.3 Å². The minimum Gasteiger partial charge on any atom is -0.508 e. The molecule has 104 valence electrons. The van der Waals surface area contributed by atoms with E-state index in [0.717, 1.165) is 24.3 Å². The van der Waals surface area contributed by atoms with Gasteiger partial charge in [-0.3, -0.25) is 0 Å². The van der Waals surface area contributed by atoms with Gasteiger partial charge < -0.3 is 30.6 Å². The quantitative estimate of drug-likeness (QED) is 0.467. The maximum absolute atomic E-state index is 9.60. The zero-order chi connectivity index (χ0) is 14.9. The summed E-state index contributed by atoms with van der Waals surface area (Å²) in [7, 11) is 0. The molecule has 2 rings (SSSR count). The van der Waals surface area contributed by atoms with Crippen LogP contribution in [0, 0.1) is 0 Å². The molecule has 0 aliphatic heterocycles. The Kier molecular flexibility index (Phi) is 3.30. The number of rotatable bonds is 2. The molecule has 0 atom stereocenters. The molecule has 0 fully saturated rings. The molecule has 2 aromatic carbocycles. The number of hydrogen-bond donors (Lipinski definition) is 6. The zero-order valence-corrected chi connectivity index (χ0v) is 10.1. The van der Waals surface area contributed by atoms with Gasteiger partial charge in [-0.2, -0.15) is 0 Å². The minimum atomic E-state index is -0.364. The number of phenolic OH excluding ortho intramolecular Hbond substituents is 6. The first-order valence-corrected chi connectivity index (χ1v) is 5.56. The topological polar surface area (TPSA) is 121 Å². The largest absolute Gasteiger partial charge is 0.508 e. The van der Waals surface area contributed by atoms with Crippen LogP contribution >= 0.6 is 0 Å². The van der Waals surface area contributed by atoms with E-state index in [9.17, 15) is 30.6 Å². The van der Waals surface area contributed by atoms with Gasteiger partial charge in [0, 0.05) is 24.3 Å². The summed E-state index contributed by atoms with van der Waals surface area (Å²) < 4.78 is 0. The van der Waals surface area contributed by atoms with Crippen LogP contribution in [0.2, 0.25) is 0 Å². The molecular weight excluding hydrogens is 264 g/mol. The van der Waals surface area contributed by atoms with Crippen LogP contribution in [-0.2, 0) is 0 Å². The predicted molar refractivity (Wildman–Crippen MR) is 71.8 cm³/mol. The van der Waals surface area contributed by atoms with E-state index in [2.05, 4.69) is 0 Å². The lowest BCUT2D eigenvalue weighted by atomic mass is 10.1. The fraction of sp³-hybridized carbons (Fsp3) is 0. The molecule has 0 heterocycles. The number of aromatic hydroxyl groups is 6. The van der Waals surface area contributed by atoms with E-state index >= 15 is 0 Å². The second-order valence-corrected chi connectivity index (χ2v) is 4.13. The third-order valence-electron chi connectivity index (χ3n) is 2.66. The maximum atomic E-state index is 9.60. The number of phenols is 6. The molecule has 0 radical (unpaired) electrons. The molecule has 0 amide bonds. The van der Waals surface area contributed by atoms with Crippen molar-refractivity contribution < 1.29 is 30.6 Å². The van der Waals surface area contributed by atoms with Crippen molar-refractivity contribution in [2.24, 2.45) is 0 Å². The highest BCUT2D eigenvalue weighted by molar-refractivity contribution is 5.80. The van der Waals surface area contributed by atoms with Crippen molar-refractivity contribution in [2.75, 3.05) is 0 Å². The normalized spacial score (nSPS) is 11.0. The summed E-state index contributed by atoms with van der Waals surface area (Å²) in [6.45, 7) is 0. The number of hydrogen-bond acceptors (Lipinski definition) is 6. The highest BCUT2D eigenvalue weighted by Gasteiger charge is 2.09. The van der Waals surface area contributed by atoms with E-state index in [1.165, 1.54) is 12.2 Å². The number of benzene rings is 2. The third kappa shape index (κ3) is 2.54. The summed E-state index contributed by atoms with van der Waals surface area (Å²) in [6, 6.07) is 4.15. The van der Waals surface area contributed by atoms with Gasteiger partial charge in [0.1, 0.15) is 34.5 Å². The first-order chi connectivity index (χ1) is 9.38. The molecular formula is C14H12O6. The summed E-state index contributed by atoms with van der Waals surface area (Å²) in [4.78, 5) is 0. The van der Waals surface area contributed by atoms with Gasteiger partial charge in [0.15, 0.2) is 0 Å². The van der Waals surface area contributed by atoms with Gasteiger partial charge in [-0.05, 0) is 12.2 Å². The van der Waals surface area contributed by atoms with Crippen LogP contribution in [0.5, 0.6) is 34.5 Å². The summed E-state index contributed by atoms with van der Waals surface area (Å²) >= 11 is 0. The summed E-state index contributed by atoms with van der Waals surface area (Å²) in [6.07, 6.45) is 2.49. The van der Waals surface area contributed by atoms with Crippen LogP contribution < -0.4 is 0 Å². The van der Waals surface area contributed by atoms with E-state index < -0.39 is 0 Å². The lowest BCUT2D eigenvalue weighted by molar-refractivity contribution is 0.424. The first-order valence-electron chi connectivity index (χ1n) is 5.56. The predicted octanol–water partition coefficient (Wildman–Crippen LogP) is 2.09. The second kappa shape index (κ2) is 4.93. The molecule has 6 heteroatoms. The molecule has 0 saturated carbocycles. The fourth-order valence-electron chi connectivity index (χ4n) is 1.73. The molecule has 0 bridgehead atoms. The van der Waals surface area contributed by atoms with Crippen molar-refractivity contribution >= 4 is 12.2 Å². The van der Waals surface area contributed by atoms with E-state index in [1.807, 2.05) is 0 Å². The average molecular weight is 276 g/mol. The Morgan fingerprint density at radius 2 is 0.750 bits per heavy atom. The average Bonchev–Trinajstić information content (AvgIpc) is 2.30. The summed E-state index contributed by atoms with van der Waals surface area (Å²) in [5, 5.41) is 56.7. The van der Waals surface area contributed by atoms with Crippen LogP contribution in [-0.4, -0.2) is 30.6 Å². The lowest BCUT2D eigenvalue weighted by Gasteiger charge is -2.06. The van der Waals surface area contributed by atoms with Gasteiger partial charge in [0.2, 0.25) is 0 Å². The Labute approximate surface area is 113 Å². The molecule has 0 aromatic heterocycles. The lowest BCUT2D eigenvalue weighted by Crippen LogP contribution is -1.80. The molecule has 0 aliphatic rings. The van der Waals surface area contributed by atoms with E-state index in [-0.39, 0.29) is 45.6 Å². The monoisotopic (exact) mass is 276 g/mol. The second-order valence-electron chi connectivity index (χ2n) is 4.13. The Balaban J connectivity index is 2.45. The van der Waals surface area contributed by atoms with Crippen molar-refractivity contribution in [2.45, 2.75) is 0 Å². The fourth-order valence-corrected chi connectivity index (χ4v) is 1.73. The van der Waals surface area contributed by atoms with Crippen molar-refractivity contribution in [1.29, 1.82) is 0 Å². The van der Waals surface area contributed by atoms with Crippen molar-refractivity contribution in [3.05, 3.63) is 35.4 Å². The zero-order valence-electron chi connectivity index (χ0n) is 10.1. The highest BCUT2D eigenvalue weighted by Crippen LogP contribution is 2.36. The van der Waals surface area contributed by atoms with Crippen LogP contribution in [0.3, 0.4) is 0 Å². The van der Waals surface area contributed by atoms with Crippen LogP contribution in [0.1, 0.15) is 11.1 Å². The molecule has 0 saturated heterocycles. The van der Waals surface area contributed by atoms with Gasteiger partial charge in [0.05, 0.1) is 11.1 Å². The van der Waals surface area contributed by atoms with E-state index in [0.29, 0.717) is 0 Å². The maximum Gasteiger partial charge on any atom is 0.130 e. The van der Waals surface area contributed by atoms with Gasteiger partial charge >= 0.3 is 0 Å². The smallest absolute Gasteiger partial charge is 0.130 e. The van der Waals surface area contributed by atoms with E-state index in [1.54, 1.807) is 0 Å². The highest BCUT2D eigenvalue weighted by atomic mass is 16.3. The molecule has 0 spiro atoms. The Hall–Kier alpha value is -3.02. The van der Waals surface area contributed by atoms with Crippen LogP contribution in [0.25, 0.3) is 12.2 Å². The van der Waals surface area contributed by atoms with Crippen molar-refractivity contribution in [3.8, 4) is 34.5 Å². The third-order valence-corrected chi connectivity index (χ3v) is 2.66. The first kappa shape index (κ1) is 13.4. The molecule has 20 heavy (non-hydrogen) atoms. The van der Waals surface area contributed by atoms with Gasteiger partial charge in [-0.15, -0.1) is 0 Å². The van der Waals surface area contributed by atoms with Crippen molar-refractivity contribution in [1.82, 2.24) is 0 Å². The SMILES string of the molecule is Oc1cc(O)c(/C=C/c2c(O)cc(O)cc2O)c(O)c1. The van der Waals surface area contributed by atoms with Crippen LogP contribution in [0.4, 0.5) is 0 Å². The molecule has 6 N–H and O–H groups in total.